The van der Waals surface area contributed by atoms with Crippen molar-refractivity contribution in [3.05, 3.63) is 57.9 Å². The third kappa shape index (κ3) is 10.8. The number of nitrogens with zero attached hydrogens (tertiary/aromatic N) is 10. The molecule has 0 bridgehead atoms. The van der Waals surface area contributed by atoms with Gasteiger partial charge in [0.1, 0.15) is 66.8 Å². The molecule has 16 N–H and O–H groups in total. The molecule has 0 saturated carbocycles. The van der Waals surface area contributed by atoms with Gasteiger partial charge in [-0.25, -0.2) is 42.5 Å². The summed E-state index contributed by atoms with van der Waals surface area (Å²) in [6.07, 6.45) is -14.9. The Labute approximate surface area is 415 Å². The molecule has 0 spiro atoms. The molecule has 9 rings (SSSR count). The van der Waals surface area contributed by atoms with Crippen molar-refractivity contribution >= 4 is 82.3 Å². The van der Waals surface area contributed by atoms with Crippen molar-refractivity contribution in [3.8, 4) is 0 Å². The number of hydrogen-bond donors (Lipinski definition) is 13. The number of phosphoric ester groups is 2. The van der Waals surface area contributed by atoms with E-state index in [1.165, 1.54) is 22.5 Å². The fourth-order valence-electron chi connectivity index (χ4n) is 8.31. The van der Waals surface area contributed by atoms with E-state index < -0.39 is 129 Å². The number of H-pyrrole nitrogens is 2. The largest absolute Gasteiger partial charge is 0.488 e. The van der Waals surface area contributed by atoms with Crippen LogP contribution < -0.4 is 32.9 Å². The SMILES string of the molecule is COC1[C@@H](OP(=O)(O)OC[C@H]2O[C@@H](n3cnc4c(=O)[nH]c(N)nc43)[C@@H](O)C2O)[C@@H](/C=C/P(=O)(O)OP(=O)(O)OP(=O)(O)OC[C@H]2O[C@@H]([n+]3cn(C)c4c(=O)[nH]c(N)nc43)[C@@H](O)C2O)O[C@H]1n1cnc2c(N)ncnc21. The quantitative estimate of drug-likeness (QED) is 0.0287. The molecular weight excluding hydrogens is 1100 g/mol. The molecule has 16 atom stereocenters. The number of nitrogens with two attached hydrogens (primary N) is 3. The fraction of sp³-hybridized carbons (Fsp3) is 0.485. The lowest BCUT2D eigenvalue weighted by atomic mass is 10.1. The first-order valence-corrected chi connectivity index (χ1v) is 27.3. The van der Waals surface area contributed by atoms with E-state index in [1.54, 1.807) is 0 Å². The molecule has 75 heavy (non-hydrogen) atoms. The maximum atomic E-state index is 13.7. The normalized spacial score (nSPS) is 30.6. The zero-order chi connectivity index (χ0) is 54.3. The van der Waals surface area contributed by atoms with E-state index >= 15 is 0 Å². The summed E-state index contributed by atoms with van der Waals surface area (Å²) in [7, 11) is -20.5. The highest BCUT2D eigenvalue weighted by atomic mass is 31.3. The Morgan fingerprint density at radius 3 is 2.07 bits per heavy atom. The van der Waals surface area contributed by atoms with Gasteiger partial charge >= 0.3 is 36.7 Å². The summed E-state index contributed by atoms with van der Waals surface area (Å²) < 4.78 is 104. The van der Waals surface area contributed by atoms with Crippen molar-refractivity contribution < 1.29 is 104 Å². The monoisotopic (exact) mass is 1140 g/mol. The predicted molar refractivity (Wildman–Crippen MR) is 242 cm³/mol. The highest BCUT2D eigenvalue weighted by Gasteiger charge is 2.52. The second-order valence-corrected chi connectivity index (χ2v) is 22.8. The van der Waals surface area contributed by atoms with Gasteiger partial charge in [-0.3, -0.25) is 51.4 Å². The first-order valence-electron chi connectivity index (χ1n) is 21.2. The molecule has 3 fully saturated rings. The van der Waals surface area contributed by atoms with Crippen molar-refractivity contribution in [3.63, 3.8) is 0 Å². The number of hydrogen-bond acceptors (Lipinski definition) is 28. The Kier molecular flexibility index (Phi) is 14.7. The highest BCUT2D eigenvalue weighted by molar-refractivity contribution is 7.69. The number of ether oxygens (including phenoxy) is 4. The maximum Gasteiger partial charge on any atom is 0.488 e. The van der Waals surface area contributed by atoms with Gasteiger partial charge in [-0.2, -0.15) is 9.29 Å². The summed E-state index contributed by atoms with van der Waals surface area (Å²) in [6, 6.07) is 0. The topological polar surface area (TPSA) is 553 Å². The highest BCUT2D eigenvalue weighted by Crippen LogP contribution is 2.68. The zero-order valence-corrected chi connectivity index (χ0v) is 41.6. The van der Waals surface area contributed by atoms with Crippen LogP contribution in [0, 0.1) is 0 Å². The average Bonchev–Trinajstić information content (AvgIpc) is 4.17. The number of rotatable bonds is 18. The van der Waals surface area contributed by atoms with Crippen molar-refractivity contribution in [1.29, 1.82) is 0 Å². The van der Waals surface area contributed by atoms with E-state index in [2.05, 4.69) is 48.5 Å². The minimum atomic E-state index is -6.13. The van der Waals surface area contributed by atoms with E-state index in [1.807, 2.05) is 0 Å². The number of imidazole rings is 3. The molecule has 3 aliphatic rings. The van der Waals surface area contributed by atoms with Crippen LogP contribution in [-0.2, 0) is 66.4 Å². The summed E-state index contributed by atoms with van der Waals surface area (Å²) in [5.74, 6) is -0.488. The van der Waals surface area contributed by atoms with Gasteiger partial charge in [-0.1, -0.05) is 4.98 Å². The minimum absolute atomic E-state index is 0.0187. The zero-order valence-electron chi connectivity index (χ0n) is 38.0. The van der Waals surface area contributed by atoms with Crippen LogP contribution in [0.2, 0.25) is 0 Å². The molecule has 7 unspecified atom stereocenters. The second kappa shape index (κ2) is 20.2. The van der Waals surface area contributed by atoms with Gasteiger partial charge < -0.3 is 76.1 Å². The lowest BCUT2D eigenvalue weighted by Crippen LogP contribution is -2.46. The smallest absolute Gasteiger partial charge is 0.387 e. The van der Waals surface area contributed by atoms with Crippen LogP contribution in [0.3, 0.4) is 0 Å². The summed E-state index contributed by atoms with van der Waals surface area (Å²) in [5.41, 5.74) is 15.5. The standard InChI is InChI=1S/C33H43N15O23P4/c1-45-10-48(26-16(45)28(54)44-33(36)42-26)30-20(52)18(50)13(68-30)6-65-74(59,60)71-75(61,62)70-72(55,56)4-3-11-21(22(63-2)31(66-11)46-8-39-14-23(34)37-7-38-24(14)46)69-73(57,58)64-5-12-17(49)19(51)29(67-12)47-9-40-15-25(47)41-32(35)43-27(15)53/h3-4,7-13,17-22,29-31,49-52H,5-6H2,1-2H3,(H11-,34,35,36,37,38,41,42,43,44,53,54,55,56,57,58,59,60,61,62)/p+1/b4-3+/t11-,12-,13-,17?,18?,19+,20+,21+,22?,29-,30-,31-/m1/s1. The number of methoxy groups -OCH3 is 1. The van der Waals surface area contributed by atoms with Crippen molar-refractivity contribution in [1.82, 2.24) is 53.6 Å². The molecule has 0 aromatic carbocycles. The molecular formula is C33H44N15O23P4+. The summed E-state index contributed by atoms with van der Waals surface area (Å²) >= 11 is 0. The van der Waals surface area contributed by atoms with Crippen LogP contribution in [0.4, 0.5) is 17.7 Å². The molecule has 3 saturated heterocycles. The number of aryl methyl sites for hydroxylation is 1. The van der Waals surface area contributed by atoms with Gasteiger partial charge in [0.25, 0.3) is 17.1 Å². The number of aliphatic hydroxyl groups excluding tert-OH is 4. The molecule has 408 valence electrons. The maximum absolute atomic E-state index is 13.7. The molecule has 6 aromatic rings. The van der Waals surface area contributed by atoms with Crippen LogP contribution in [0.25, 0.3) is 33.5 Å². The first kappa shape index (κ1) is 54.4. The molecule has 3 aliphatic heterocycles. The lowest BCUT2D eigenvalue weighted by Gasteiger charge is -2.25. The van der Waals surface area contributed by atoms with Gasteiger partial charge in [0.2, 0.25) is 17.7 Å². The van der Waals surface area contributed by atoms with Crippen LogP contribution in [0.1, 0.15) is 18.7 Å². The average molecular weight is 1140 g/mol. The molecule has 9 heterocycles. The van der Waals surface area contributed by atoms with E-state index in [0.717, 1.165) is 35.2 Å². The lowest BCUT2D eigenvalue weighted by molar-refractivity contribution is -0.745. The second-order valence-electron chi connectivity index (χ2n) is 16.5. The first-order chi connectivity index (χ1) is 35.2. The van der Waals surface area contributed by atoms with Crippen LogP contribution in [0.5, 0.6) is 0 Å². The predicted octanol–water partition coefficient (Wildman–Crippen LogP) is -4.13. The van der Waals surface area contributed by atoms with Crippen LogP contribution in [-0.4, -0.2) is 169 Å². The number of fused-ring (bicyclic) bond motifs is 3. The van der Waals surface area contributed by atoms with Crippen molar-refractivity contribution in [2.45, 2.75) is 73.6 Å². The number of phosphoric acid groups is 3. The van der Waals surface area contributed by atoms with Crippen molar-refractivity contribution in [2.24, 2.45) is 7.05 Å². The van der Waals surface area contributed by atoms with E-state index in [9.17, 15) is 67.8 Å². The Hall–Kier alpha value is -5.37. The van der Waals surface area contributed by atoms with Crippen molar-refractivity contribution in [2.75, 3.05) is 37.5 Å². The molecule has 0 radical (unpaired) electrons. The van der Waals surface area contributed by atoms with E-state index in [4.69, 9.17) is 49.7 Å². The third-order valence-electron chi connectivity index (χ3n) is 11.6. The van der Waals surface area contributed by atoms with Crippen LogP contribution in [0.15, 0.2) is 46.8 Å². The van der Waals surface area contributed by atoms with Gasteiger partial charge in [-0.05, 0) is 6.08 Å². The van der Waals surface area contributed by atoms with Gasteiger partial charge in [0.15, 0.2) is 41.4 Å². The van der Waals surface area contributed by atoms with E-state index in [-0.39, 0.29) is 57.0 Å². The van der Waals surface area contributed by atoms with Gasteiger partial charge in [-0.15, -0.1) is 0 Å². The summed E-state index contributed by atoms with van der Waals surface area (Å²) in [6.45, 7) is -2.10. The Morgan fingerprint density at radius 1 is 0.733 bits per heavy atom. The third-order valence-corrected chi connectivity index (χ3v) is 17.0. The summed E-state index contributed by atoms with van der Waals surface area (Å²) in [4.78, 5) is 95.9. The number of aliphatic hydroxyl groups is 4. The summed E-state index contributed by atoms with van der Waals surface area (Å²) in [5, 5.41) is 43.2. The Bertz CT molecular complexity index is 3520. The van der Waals surface area contributed by atoms with Gasteiger partial charge in [0.05, 0.1) is 32.9 Å². The molecule has 38 nitrogen and oxygen atoms in total. The number of aromatic amines is 2. The Balaban J connectivity index is 0.883. The molecule has 6 aromatic heterocycles. The number of aromatic nitrogens is 12. The molecule has 0 aliphatic carbocycles. The fourth-order valence-corrected chi connectivity index (χ4v) is 13.0. The van der Waals surface area contributed by atoms with Gasteiger partial charge in [0, 0.05) is 12.9 Å². The molecule has 0 amide bonds. The number of anilines is 3. The Morgan fingerprint density at radius 2 is 1.36 bits per heavy atom. The molecule has 42 heteroatoms. The minimum Gasteiger partial charge on any atom is -0.387 e. The van der Waals surface area contributed by atoms with Crippen LogP contribution >= 0.6 is 31.1 Å². The number of nitrogens with one attached hydrogen (secondary N) is 2. The number of nitrogen functional groups attached to an aromatic ring is 3. The van der Waals surface area contributed by atoms with E-state index in [0.29, 0.717) is 6.08 Å².